The van der Waals surface area contributed by atoms with Gasteiger partial charge in [0.2, 0.25) is 5.78 Å². The second-order valence-corrected chi connectivity index (χ2v) is 5.01. The van der Waals surface area contributed by atoms with Crippen LogP contribution in [-0.2, 0) is 4.74 Å². The summed E-state index contributed by atoms with van der Waals surface area (Å²) in [5.74, 6) is -6.12. The maximum absolute atomic E-state index is 12.2. The lowest BCUT2D eigenvalue weighted by atomic mass is 9.88. The summed E-state index contributed by atoms with van der Waals surface area (Å²) in [6, 6.07) is 1.84. The van der Waals surface area contributed by atoms with Gasteiger partial charge < -0.3 is 19.9 Å². The average molecular weight is 344 g/mol. The van der Waals surface area contributed by atoms with Crippen molar-refractivity contribution in [3.05, 3.63) is 40.3 Å². The van der Waals surface area contributed by atoms with E-state index < -0.39 is 46.4 Å². The highest BCUT2D eigenvalue weighted by Gasteiger charge is 2.38. The highest BCUT2D eigenvalue weighted by Crippen LogP contribution is 2.35. The summed E-state index contributed by atoms with van der Waals surface area (Å²) >= 11 is 0. The molecule has 2 aromatic heterocycles. The van der Waals surface area contributed by atoms with E-state index in [1.807, 2.05) is 0 Å². The van der Waals surface area contributed by atoms with Crippen LogP contribution in [-0.4, -0.2) is 56.8 Å². The van der Waals surface area contributed by atoms with E-state index in [2.05, 4.69) is 14.7 Å². The molecule has 3 N–H and O–H groups in total. The number of aromatic carboxylic acids is 2. The molecule has 2 heterocycles. The van der Waals surface area contributed by atoms with E-state index in [-0.39, 0.29) is 22.5 Å². The minimum Gasteiger partial charge on any atom is -0.478 e. The zero-order valence-electron chi connectivity index (χ0n) is 12.4. The first-order valence-corrected chi connectivity index (χ1v) is 6.68. The summed E-state index contributed by atoms with van der Waals surface area (Å²) in [4.78, 5) is 64.8. The summed E-state index contributed by atoms with van der Waals surface area (Å²) in [5.41, 5.74) is -2.59. The number of hydrogen-bond donors (Lipinski definition) is 3. The second kappa shape index (κ2) is 5.37. The fraction of sp³-hybridized carbons (Fsp3) is 0.0667. The Morgan fingerprint density at radius 1 is 1.08 bits per heavy atom. The molecular weight excluding hydrogens is 336 g/mol. The van der Waals surface area contributed by atoms with Crippen molar-refractivity contribution in [1.29, 1.82) is 0 Å². The number of fused-ring (bicyclic) bond motifs is 3. The van der Waals surface area contributed by atoms with Crippen LogP contribution in [0.2, 0.25) is 0 Å². The van der Waals surface area contributed by atoms with Gasteiger partial charge in [0.15, 0.2) is 0 Å². The smallest absolute Gasteiger partial charge is 0.354 e. The minimum absolute atomic E-state index is 0.109. The standard InChI is InChI=1S/C15H8N2O8/c1-25-15(24)7-3-5-9(17-7)8-4(13(20)21)2-6(14(22)23)16-10(8)12(19)11(5)18/h2-3,17H,1H3,(H,20,21)(H,22,23). The number of nitrogens with zero attached hydrogens (tertiary/aromatic N) is 1. The van der Waals surface area contributed by atoms with Gasteiger partial charge in [-0.2, -0.15) is 0 Å². The Morgan fingerprint density at radius 2 is 1.76 bits per heavy atom. The molecule has 2 aromatic rings. The molecule has 1 aliphatic carbocycles. The van der Waals surface area contributed by atoms with E-state index in [1.165, 1.54) is 0 Å². The molecule has 1 aliphatic rings. The lowest BCUT2D eigenvalue weighted by Crippen LogP contribution is -2.25. The first-order chi connectivity index (χ1) is 11.8. The third-order valence-corrected chi connectivity index (χ3v) is 3.61. The van der Waals surface area contributed by atoms with Gasteiger partial charge in [0.05, 0.1) is 23.9 Å². The van der Waals surface area contributed by atoms with Crippen LogP contribution in [0.4, 0.5) is 0 Å². The van der Waals surface area contributed by atoms with Crippen LogP contribution in [0.3, 0.4) is 0 Å². The number of carboxylic acids is 2. The van der Waals surface area contributed by atoms with Gasteiger partial charge in [0.25, 0.3) is 5.78 Å². The molecule has 3 rings (SSSR count). The van der Waals surface area contributed by atoms with Crippen LogP contribution >= 0.6 is 0 Å². The lowest BCUT2D eigenvalue weighted by molar-refractivity contribution is 0.0593. The van der Waals surface area contributed by atoms with Gasteiger partial charge in [0, 0.05) is 5.56 Å². The van der Waals surface area contributed by atoms with Crippen molar-refractivity contribution in [3.63, 3.8) is 0 Å². The molecule has 0 radical (unpaired) electrons. The van der Waals surface area contributed by atoms with Gasteiger partial charge in [-0.1, -0.05) is 0 Å². The number of carbonyl (C=O) groups is 5. The highest BCUT2D eigenvalue weighted by molar-refractivity contribution is 6.52. The monoisotopic (exact) mass is 344 g/mol. The molecule has 0 saturated heterocycles. The Balaban J connectivity index is 2.39. The zero-order valence-corrected chi connectivity index (χ0v) is 12.4. The van der Waals surface area contributed by atoms with Crippen LogP contribution in [0, 0.1) is 0 Å². The molecule has 25 heavy (non-hydrogen) atoms. The number of nitrogens with one attached hydrogen (secondary N) is 1. The molecule has 0 aliphatic heterocycles. The number of aromatic amines is 1. The van der Waals surface area contributed by atoms with E-state index in [9.17, 15) is 29.1 Å². The average Bonchev–Trinajstić information content (AvgIpc) is 3.03. The molecule has 0 spiro atoms. The fourth-order valence-electron chi connectivity index (χ4n) is 2.52. The Hall–Kier alpha value is -3.82. The molecule has 0 saturated carbocycles. The van der Waals surface area contributed by atoms with Crippen LogP contribution in [0.15, 0.2) is 12.1 Å². The van der Waals surface area contributed by atoms with Gasteiger partial charge in [-0.15, -0.1) is 0 Å². The van der Waals surface area contributed by atoms with Crippen LogP contribution in [0.25, 0.3) is 11.3 Å². The first-order valence-electron chi connectivity index (χ1n) is 6.68. The number of ether oxygens (including phenoxy) is 1. The maximum Gasteiger partial charge on any atom is 0.354 e. The number of carboxylic acid groups (broad SMARTS) is 2. The number of aromatic nitrogens is 2. The van der Waals surface area contributed by atoms with Crippen LogP contribution in [0.1, 0.15) is 52.2 Å². The number of esters is 1. The van der Waals surface area contributed by atoms with E-state index in [0.717, 1.165) is 19.2 Å². The molecule has 0 amide bonds. The van der Waals surface area contributed by atoms with Crippen molar-refractivity contribution in [2.24, 2.45) is 0 Å². The summed E-state index contributed by atoms with van der Waals surface area (Å²) in [6.45, 7) is 0. The second-order valence-electron chi connectivity index (χ2n) is 5.01. The van der Waals surface area contributed by atoms with Crippen molar-refractivity contribution < 1.29 is 38.9 Å². The highest BCUT2D eigenvalue weighted by atomic mass is 16.5. The minimum atomic E-state index is -1.56. The maximum atomic E-state index is 12.2. The summed E-state index contributed by atoms with van der Waals surface area (Å²) in [6.07, 6.45) is 0. The molecule has 10 heteroatoms. The molecule has 0 bridgehead atoms. The predicted octanol–water partition coefficient (Wildman–Crippen LogP) is 0.639. The molecule has 0 aromatic carbocycles. The molecule has 126 valence electrons. The normalized spacial score (nSPS) is 12.4. The summed E-state index contributed by atoms with van der Waals surface area (Å²) < 4.78 is 4.52. The number of Topliss-reactive ketones (excluding diaryl/α,β-unsaturated/α-hetero) is 2. The third kappa shape index (κ3) is 2.27. The molecule has 10 nitrogen and oxygen atoms in total. The van der Waals surface area contributed by atoms with Crippen LogP contribution < -0.4 is 0 Å². The van der Waals surface area contributed by atoms with Gasteiger partial charge in [-0.25, -0.2) is 19.4 Å². The summed E-state index contributed by atoms with van der Waals surface area (Å²) in [5, 5.41) is 18.4. The van der Waals surface area contributed by atoms with Crippen molar-refractivity contribution in [2.75, 3.05) is 7.11 Å². The quantitative estimate of drug-likeness (QED) is 0.535. The molecule has 0 unspecified atom stereocenters. The molecule has 0 atom stereocenters. The molecular formula is C15H8N2O8. The number of ketones is 2. The number of H-pyrrole nitrogens is 1. The van der Waals surface area contributed by atoms with Crippen LogP contribution in [0.5, 0.6) is 0 Å². The van der Waals surface area contributed by atoms with Crippen molar-refractivity contribution in [3.8, 4) is 11.3 Å². The number of carbonyl (C=O) groups excluding carboxylic acids is 3. The lowest BCUT2D eigenvalue weighted by Gasteiger charge is -2.16. The SMILES string of the molecule is COC(=O)c1cc2c([nH]1)-c1c(C(=O)O)cc(C(=O)O)nc1C(=O)C2=O. The van der Waals surface area contributed by atoms with E-state index in [1.54, 1.807) is 0 Å². The summed E-state index contributed by atoms with van der Waals surface area (Å²) in [7, 11) is 1.10. The number of rotatable bonds is 3. The van der Waals surface area contributed by atoms with E-state index in [4.69, 9.17) is 5.11 Å². The third-order valence-electron chi connectivity index (χ3n) is 3.61. The predicted molar refractivity (Wildman–Crippen MR) is 77.9 cm³/mol. The van der Waals surface area contributed by atoms with Gasteiger partial charge in [-0.3, -0.25) is 9.59 Å². The Morgan fingerprint density at radius 3 is 2.32 bits per heavy atom. The molecule has 0 fully saturated rings. The number of pyridine rings is 1. The first kappa shape index (κ1) is 16.1. The Bertz CT molecular complexity index is 1000. The number of hydrogen-bond acceptors (Lipinski definition) is 7. The van der Waals surface area contributed by atoms with Gasteiger partial charge >= 0.3 is 17.9 Å². The Kier molecular flexibility index (Phi) is 3.45. The van der Waals surface area contributed by atoms with Gasteiger partial charge in [-0.05, 0) is 12.1 Å². The fourth-order valence-corrected chi connectivity index (χ4v) is 2.52. The van der Waals surface area contributed by atoms with Crippen molar-refractivity contribution >= 4 is 29.5 Å². The van der Waals surface area contributed by atoms with E-state index >= 15 is 0 Å². The number of methoxy groups -OCH3 is 1. The van der Waals surface area contributed by atoms with Crippen molar-refractivity contribution in [1.82, 2.24) is 9.97 Å². The van der Waals surface area contributed by atoms with Gasteiger partial charge in [0.1, 0.15) is 17.1 Å². The topological polar surface area (TPSA) is 164 Å². The zero-order chi connectivity index (χ0) is 18.5. The van der Waals surface area contributed by atoms with Crippen molar-refractivity contribution in [2.45, 2.75) is 0 Å². The largest absolute Gasteiger partial charge is 0.478 e. The van der Waals surface area contributed by atoms with E-state index in [0.29, 0.717) is 0 Å². The Labute approximate surface area is 138 Å².